The number of likely N-dealkylation sites (tertiary alicyclic amines) is 1. The summed E-state index contributed by atoms with van der Waals surface area (Å²) in [6, 6.07) is 6.25. The van der Waals surface area contributed by atoms with Gasteiger partial charge < -0.3 is 92.6 Å². The Morgan fingerprint density at radius 3 is 1.59 bits per heavy atom. The third-order valence-corrected chi connectivity index (χ3v) is 17.0. The van der Waals surface area contributed by atoms with Gasteiger partial charge in [-0.05, 0) is 145 Å². The van der Waals surface area contributed by atoms with Crippen LogP contribution >= 0.6 is 11.8 Å². The molecule has 0 saturated carbocycles. The van der Waals surface area contributed by atoms with Crippen molar-refractivity contribution in [3.05, 3.63) is 71.9 Å². The third kappa shape index (κ3) is 27.5. The number of hydrogen-bond donors (Lipinski definition) is 16. The summed E-state index contributed by atoms with van der Waals surface area (Å²) < 4.78 is 0. The Morgan fingerprint density at radius 2 is 1.07 bits per heavy atom. The number of H-pyrrole nitrogens is 1. The largest absolute Gasteiger partial charge is 0.370 e. The molecule has 28 nitrogen and oxygen atoms in total. The molecule has 0 unspecified atom stereocenters. The molecule has 29 heteroatoms. The highest BCUT2D eigenvalue weighted by Crippen LogP contribution is 2.23. The van der Waals surface area contributed by atoms with Crippen molar-refractivity contribution in [2.24, 2.45) is 56.0 Å². The summed E-state index contributed by atoms with van der Waals surface area (Å²) in [6.45, 7) is 7.11. The number of amides is 9. The standard InChI is InChI=1S/C65H107N19O9S/c1-5-6-7-17-33-73-62(92)53-29-20-36-84(53)63(93)54(41(2)3)83-60(90)50(28-19-35-75-65(71)72)80-57(87)47(25-13-15-31-66)77-58(88)49(27-18-34-74-64(69)70)79-56(86)48(26-14-16-32-67)78-59(89)51(30-37-94-4)81-61(91)52(39-43-40-76-46-24-12-11-23-44(43)46)82-55(85)45(68)38-42-21-9-8-10-22-42/h8-12,21-24,40-41,45,47-54,76H,5-7,13-20,25-39,66-68H2,1-4H3,(H,73,92)(H,77,88)(H,78,89)(H,79,86)(H,80,87)(H,81,91)(H,82,85)(H,83,90)(H4,69,70,74)(H4,71,72,75)/t45-,47-,48-,49-,50-,51-,52-,53-,54-/m0/s1. The summed E-state index contributed by atoms with van der Waals surface area (Å²) >= 11 is 1.43. The van der Waals surface area contributed by atoms with E-state index in [1.807, 2.05) is 60.9 Å². The summed E-state index contributed by atoms with van der Waals surface area (Å²) in [7, 11) is 0. The van der Waals surface area contributed by atoms with Gasteiger partial charge in [0.2, 0.25) is 53.2 Å². The number of nitrogens with zero attached hydrogens (tertiary/aromatic N) is 3. The highest BCUT2D eigenvalue weighted by molar-refractivity contribution is 7.98. The number of unbranched alkanes of at least 4 members (excludes halogenated alkanes) is 5. The molecular formula is C65H107N19O9S. The van der Waals surface area contributed by atoms with Gasteiger partial charge in [0.1, 0.15) is 48.3 Å². The zero-order valence-corrected chi connectivity index (χ0v) is 56.2. The van der Waals surface area contributed by atoms with E-state index in [4.69, 9.17) is 40.1 Å². The molecule has 4 rings (SSSR count). The van der Waals surface area contributed by atoms with E-state index in [9.17, 15) is 43.2 Å². The molecule has 1 aliphatic rings. The molecule has 0 bridgehead atoms. The summed E-state index contributed by atoms with van der Waals surface area (Å²) in [4.78, 5) is 142. The van der Waals surface area contributed by atoms with Crippen molar-refractivity contribution in [1.82, 2.24) is 52.4 Å². The Hall–Kier alpha value is -8.02. The first kappa shape index (κ1) is 78.4. The summed E-state index contributed by atoms with van der Waals surface area (Å²) in [5.74, 6) is -6.10. The average molecular weight is 1330 g/mol. The highest BCUT2D eigenvalue weighted by atomic mass is 32.2. The maximum atomic E-state index is 14.8. The smallest absolute Gasteiger partial charge is 0.246 e. The predicted octanol–water partition coefficient (Wildman–Crippen LogP) is 0.136. The van der Waals surface area contributed by atoms with Crippen molar-refractivity contribution >= 4 is 87.7 Å². The summed E-state index contributed by atoms with van der Waals surface area (Å²) in [6.07, 6.45) is 10.9. The molecule has 0 radical (unpaired) electrons. The van der Waals surface area contributed by atoms with Crippen molar-refractivity contribution in [2.75, 3.05) is 51.3 Å². The molecule has 9 atom stereocenters. The molecule has 9 amide bonds. The first-order valence-electron chi connectivity index (χ1n) is 33.2. The summed E-state index contributed by atoms with van der Waals surface area (Å²) in [5.41, 5.74) is 43.1. The number of carbonyl (C=O) groups excluding carboxylic acids is 9. The van der Waals surface area contributed by atoms with E-state index >= 15 is 0 Å². The minimum atomic E-state index is -1.36. The van der Waals surface area contributed by atoms with Crippen molar-refractivity contribution < 1.29 is 43.2 Å². The van der Waals surface area contributed by atoms with E-state index in [1.165, 1.54) is 16.7 Å². The van der Waals surface area contributed by atoms with E-state index in [-0.39, 0.29) is 102 Å². The van der Waals surface area contributed by atoms with Crippen LogP contribution in [-0.4, -0.2) is 181 Å². The second kappa shape index (κ2) is 43.1. The molecule has 0 aliphatic carbocycles. The summed E-state index contributed by atoms with van der Waals surface area (Å²) in [5, 5.41) is 23.6. The predicted molar refractivity (Wildman–Crippen MR) is 369 cm³/mol. The maximum Gasteiger partial charge on any atom is 0.246 e. The van der Waals surface area contributed by atoms with Crippen LogP contribution in [0.2, 0.25) is 0 Å². The van der Waals surface area contributed by atoms with Crippen LogP contribution in [0.4, 0.5) is 0 Å². The zero-order valence-electron chi connectivity index (χ0n) is 55.4. The van der Waals surface area contributed by atoms with Crippen molar-refractivity contribution in [1.29, 1.82) is 0 Å². The van der Waals surface area contributed by atoms with E-state index in [0.29, 0.717) is 57.4 Å². The lowest BCUT2D eigenvalue weighted by Crippen LogP contribution is -2.61. The van der Waals surface area contributed by atoms with Crippen molar-refractivity contribution in [3.8, 4) is 0 Å². The Morgan fingerprint density at radius 1 is 0.585 bits per heavy atom. The van der Waals surface area contributed by atoms with Gasteiger partial charge in [0.25, 0.3) is 0 Å². The Bertz CT molecular complexity index is 2920. The number of nitrogens with one attached hydrogen (secondary N) is 9. The third-order valence-electron chi connectivity index (χ3n) is 16.3. The first-order chi connectivity index (χ1) is 45.1. The normalized spacial score (nSPS) is 15.4. The van der Waals surface area contributed by atoms with Crippen LogP contribution in [0.3, 0.4) is 0 Å². The minimum Gasteiger partial charge on any atom is -0.370 e. The van der Waals surface area contributed by atoms with Crippen LogP contribution in [0.1, 0.15) is 141 Å². The molecule has 2 heterocycles. The number of rotatable bonds is 45. The number of thioether (sulfide) groups is 1. The van der Waals surface area contributed by atoms with E-state index in [2.05, 4.69) is 64.4 Å². The second-order valence-corrected chi connectivity index (χ2v) is 25.2. The number of hydrogen-bond acceptors (Lipinski definition) is 15. The van der Waals surface area contributed by atoms with Gasteiger partial charge in [-0.1, -0.05) is 88.6 Å². The molecule has 1 aliphatic heterocycles. The van der Waals surface area contributed by atoms with Crippen LogP contribution in [0.25, 0.3) is 10.9 Å². The number of aliphatic imine (C=N–C) groups is 2. The average Bonchev–Trinajstić information content (AvgIpc) is 1.64. The maximum absolute atomic E-state index is 14.8. The van der Waals surface area contributed by atoms with Crippen LogP contribution in [-0.2, 0) is 56.0 Å². The van der Waals surface area contributed by atoms with E-state index in [0.717, 1.165) is 47.7 Å². The van der Waals surface area contributed by atoms with Gasteiger partial charge in [-0.25, -0.2) is 0 Å². The molecule has 2 aromatic carbocycles. The fourth-order valence-electron chi connectivity index (χ4n) is 11.0. The van der Waals surface area contributed by atoms with Gasteiger partial charge in [0.05, 0.1) is 6.04 Å². The number of nitrogens with two attached hydrogens (primary N) is 7. The zero-order chi connectivity index (χ0) is 69.0. The van der Waals surface area contributed by atoms with Crippen LogP contribution in [0.5, 0.6) is 0 Å². The van der Waals surface area contributed by atoms with Gasteiger partial charge >= 0.3 is 0 Å². The lowest BCUT2D eigenvalue weighted by atomic mass is 10.0. The topological polar surface area (TPSA) is 476 Å². The fourth-order valence-corrected chi connectivity index (χ4v) is 11.5. The second-order valence-electron chi connectivity index (χ2n) is 24.2. The minimum absolute atomic E-state index is 0.00177. The molecule has 23 N–H and O–H groups in total. The van der Waals surface area contributed by atoms with Crippen LogP contribution in [0, 0.1) is 5.92 Å². The van der Waals surface area contributed by atoms with Gasteiger partial charge in [0.15, 0.2) is 11.9 Å². The lowest BCUT2D eigenvalue weighted by Gasteiger charge is -2.32. The number of aromatic amines is 1. The molecule has 522 valence electrons. The van der Waals surface area contributed by atoms with Gasteiger partial charge in [-0.15, -0.1) is 0 Å². The Balaban J connectivity index is 1.61. The van der Waals surface area contributed by atoms with Crippen LogP contribution < -0.4 is 82.7 Å². The SMILES string of the molecule is CCCCCCNC(=O)[C@@H]1CCCN1C(=O)[C@@H](NC(=O)[C@H](CCCN=C(N)N)NC(=O)[C@H](CCCCN)NC(=O)[C@H](CCCN=C(N)N)NC(=O)[C@H](CCCCN)NC(=O)[C@H](CCSC)NC(=O)[C@H](Cc1c[nH]c2ccccc12)NC(=O)[C@@H](N)Cc1ccccc1)C(C)C. The number of benzene rings is 2. The fraction of sp³-hybridized carbons (Fsp3) is 0.615. The van der Waals surface area contributed by atoms with Gasteiger partial charge in [0, 0.05) is 49.7 Å². The van der Waals surface area contributed by atoms with E-state index in [1.54, 1.807) is 20.0 Å². The lowest BCUT2D eigenvalue weighted by molar-refractivity contribution is -0.143. The molecule has 1 aromatic heterocycles. The van der Waals surface area contributed by atoms with Gasteiger partial charge in [-0.2, -0.15) is 11.8 Å². The number of carbonyl (C=O) groups is 9. The van der Waals surface area contributed by atoms with Crippen molar-refractivity contribution in [2.45, 2.75) is 197 Å². The number of para-hydroxylation sites is 1. The van der Waals surface area contributed by atoms with Crippen molar-refractivity contribution in [3.63, 3.8) is 0 Å². The molecular weight excluding hydrogens is 1220 g/mol. The van der Waals surface area contributed by atoms with Gasteiger partial charge in [-0.3, -0.25) is 53.1 Å². The van der Waals surface area contributed by atoms with E-state index < -0.39 is 108 Å². The first-order valence-corrected chi connectivity index (χ1v) is 34.6. The molecule has 1 fully saturated rings. The Kier molecular flexibility index (Phi) is 35.9. The number of fused-ring (bicyclic) bond motifs is 1. The molecule has 1 saturated heterocycles. The molecule has 3 aromatic rings. The van der Waals surface area contributed by atoms with Crippen LogP contribution in [0.15, 0.2) is 70.8 Å². The molecule has 94 heavy (non-hydrogen) atoms. The monoisotopic (exact) mass is 1330 g/mol. The number of aromatic nitrogens is 1. The quantitative estimate of drug-likeness (QED) is 0.0203. The molecule has 0 spiro atoms. The highest BCUT2D eigenvalue weighted by Gasteiger charge is 2.40. The number of guanidine groups is 2. The Labute approximate surface area is 557 Å².